The van der Waals surface area contributed by atoms with E-state index in [1.54, 1.807) is 0 Å². The topological polar surface area (TPSA) is 37.3 Å². The number of hydrogen-bond acceptors (Lipinski definition) is 1. The van der Waals surface area contributed by atoms with Crippen molar-refractivity contribution in [3.05, 3.63) is 0 Å². The zero-order chi connectivity index (χ0) is 19.4. The van der Waals surface area contributed by atoms with Crippen LogP contribution in [-0.4, -0.2) is 15.9 Å². The Kier molecular flexibility index (Phi) is 5.49. The summed E-state index contributed by atoms with van der Waals surface area (Å²) in [6.45, 7) is 7.57. The Morgan fingerprint density at radius 1 is 1.00 bits per heavy atom. The van der Waals surface area contributed by atoms with Gasteiger partial charge in [0.1, 0.15) is 4.83 Å². The van der Waals surface area contributed by atoms with Crippen LogP contribution in [0.4, 0.5) is 0 Å². The highest BCUT2D eigenvalue weighted by atomic mass is 79.9. The SMILES string of the molecule is C[C@H](CC(Br)C(=O)O)[C@H]1CC[C@H]2[C@@H]3CCC4CCCC[C@]4(C)[C@H]3CC[C@]12C. The Labute approximate surface area is 174 Å². The third-order valence-corrected chi connectivity index (χ3v) is 11.0. The fraction of sp³-hybridized carbons (Fsp3) is 0.958. The van der Waals surface area contributed by atoms with E-state index in [2.05, 4.69) is 36.7 Å². The molecule has 0 spiro atoms. The van der Waals surface area contributed by atoms with Crippen molar-refractivity contribution in [2.24, 2.45) is 46.3 Å². The van der Waals surface area contributed by atoms with Crippen molar-refractivity contribution in [3.8, 4) is 0 Å². The molecule has 0 aromatic carbocycles. The third-order valence-electron chi connectivity index (χ3n) is 10.2. The lowest BCUT2D eigenvalue weighted by Crippen LogP contribution is -2.53. The van der Waals surface area contributed by atoms with Crippen molar-refractivity contribution in [1.82, 2.24) is 0 Å². The lowest BCUT2D eigenvalue weighted by molar-refractivity contribution is -0.137. The van der Waals surface area contributed by atoms with Crippen molar-refractivity contribution >= 4 is 21.9 Å². The molecule has 0 radical (unpaired) electrons. The van der Waals surface area contributed by atoms with Crippen molar-refractivity contribution in [2.45, 2.75) is 96.2 Å². The zero-order valence-corrected chi connectivity index (χ0v) is 19.1. The molecule has 4 aliphatic rings. The van der Waals surface area contributed by atoms with Crippen LogP contribution < -0.4 is 0 Å². The number of aliphatic carboxylic acids is 1. The van der Waals surface area contributed by atoms with Crippen molar-refractivity contribution in [1.29, 1.82) is 0 Å². The standard InChI is InChI=1S/C24H39BrO2/c1-15(14-21(25)22(26)27)18-9-10-19-17-8-7-16-6-4-5-12-23(16,2)20(17)11-13-24(18,19)3/h15-21H,4-14H2,1-3H3,(H,26,27)/t15-,16?,17+,18-,19+,20+,21?,23+,24-/m1/s1. The van der Waals surface area contributed by atoms with Gasteiger partial charge in [-0.3, -0.25) is 4.79 Å². The Balaban J connectivity index is 1.52. The van der Waals surface area contributed by atoms with Gasteiger partial charge in [-0.25, -0.2) is 0 Å². The summed E-state index contributed by atoms with van der Waals surface area (Å²) in [5, 5.41) is 9.32. The maximum atomic E-state index is 11.3. The molecular formula is C24H39BrO2. The summed E-state index contributed by atoms with van der Waals surface area (Å²) in [5.74, 6) is 4.30. The average Bonchev–Trinajstić information content (AvgIpc) is 2.98. The van der Waals surface area contributed by atoms with Gasteiger partial charge in [0.25, 0.3) is 0 Å². The Bertz CT molecular complexity index is 577. The number of rotatable bonds is 4. The van der Waals surface area contributed by atoms with Gasteiger partial charge in [0, 0.05) is 0 Å². The number of carboxylic acids is 1. The molecule has 0 saturated heterocycles. The van der Waals surface area contributed by atoms with Crippen LogP contribution in [0.1, 0.15) is 91.4 Å². The lowest BCUT2D eigenvalue weighted by Gasteiger charge is -2.61. The predicted molar refractivity (Wildman–Crippen MR) is 114 cm³/mol. The summed E-state index contributed by atoms with van der Waals surface area (Å²) < 4.78 is 0. The zero-order valence-electron chi connectivity index (χ0n) is 17.6. The molecule has 1 N–H and O–H groups in total. The highest BCUT2D eigenvalue weighted by Gasteiger charge is 2.60. The van der Waals surface area contributed by atoms with Crippen LogP contribution in [0.15, 0.2) is 0 Å². The van der Waals surface area contributed by atoms with E-state index in [1.807, 2.05) is 0 Å². The third kappa shape index (κ3) is 3.22. The van der Waals surface area contributed by atoms with E-state index in [1.165, 1.54) is 64.2 Å². The molecule has 4 rings (SSSR count). The van der Waals surface area contributed by atoms with Crippen LogP contribution in [0, 0.1) is 46.3 Å². The maximum Gasteiger partial charge on any atom is 0.317 e. The van der Waals surface area contributed by atoms with E-state index in [9.17, 15) is 9.90 Å². The molecule has 2 unspecified atom stereocenters. The summed E-state index contributed by atoms with van der Waals surface area (Å²) in [6.07, 6.45) is 15.2. The molecule has 4 fully saturated rings. The molecule has 9 atom stereocenters. The van der Waals surface area contributed by atoms with Crippen LogP contribution in [0.5, 0.6) is 0 Å². The quantitative estimate of drug-likeness (QED) is 0.483. The number of alkyl halides is 1. The number of carboxylic acid groups (broad SMARTS) is 1. The second-order valence-electron chi connectivity index (χ2n) is 11.1. The van der Waals surface area contributed by atoms with Gasteiger partial charge in [0.15, 0.2) is 0 Å². The van der Waals surface area contributed by atoms with Crippen LogP contribution in [0.3, 0.4) is 0 Å². The van der Waals surface area contributed by atoms with E-state index in [0.717, 1.165) is 30.1 Å². The van der Waals surface area contributed by atoms with Crippen LogP contribution in [-0.2, 0) is 4.79 Å². The molecule has 4 aliphatic carbocycles. The lowest BCUT2D eigenvalue weighted by atomic mass is 9.44. The first-order valence-electron chi connectivity index (χ1n) is 11.6. The van der Waals surface area contributed by atoms with Crippen LogP contribution >= 0.6 is 15.9 Å². The second kappa shape index (κ2) is 7.33. The fourth-order valence-electron chi connectivity index (χ4n) is 8.86. The number of hydrogen-bond donors (Lipinski definition) is 1. The van der Waals surface area contributed by atoms with E-state index in [4.69, 9.17) is 0 Å². The highest BCUT2D eigenvalue weighted by molar-refractivity contribution is 9.10. The first-order chi connectivity index (χ1) is 12.8. The molecule has 0 aromatic rings. The van der Waals surface area contributed by atoms with E-state index < -0.39 is 5.97 Å². The molecule has 0 bridgehead atoms. The Morgan fingerprint density at radius 2 is 1.74 bits per heavy atom. The molecule has 27 heavy (non-hydrogen) atoms. The largest absolute Gasteiger partial charge is 0.480 e. The number of halogens is 1. The molecule has 2 nitrogen and oxygen atoms in total. The molecule has 4 saturated carbocycles. The Morgan fingerprint density at radius 3 is 2.48 bits per heavy atom. The summed E-state index contributed by atoms with van der Waals surface area (Å²) in [5.41, 5.74) is 1.07. The van der Waals surface area contributed by atoms with Crippen LogP contribution in [0.25, 0.3) is 0 Å². The van der Waals surface area contributed by atoms with Gasteiger partial charge >= 0.3 is 5.97 Å². The fourth-order valence-corrected chi connectivity index (χ4v) is 9.45. The molecule has 3 heteroatoms. The minimum absolute atomic E-state index is 0.386. The molecule has 0 aromatic heterocycles. The smallest absolute Gasteiger partial charge is 0.317 e. The van der Waals surface area contributed by atoms with Gasteiger partial charge in [-0.2, -0.15) is 0 Å². The monoisotopic (exact) mass is 438 g/mol. The summed E-state index contributed by atoms with van der Waals surface area (Å²) in [6, 6.07) is 0. The first-order valence-corrected chi connectivity index (χ1v) is 12.6. The van der Waals surface area contributed by atoms with Crippen molar-refractivity contribution in [2.75, 3.05) is 0 Å². The second-order valence-corrected chi connectivity index (χ2v) is 12.3. The molecule has 154 valence electrons. The maximum absolute atomic E-state index is 11.3. The van der Waals surface area contributed by atoms with Gasteiger partial charge in [0.2, 0.25) is 0 Å². The van der Waals surface area contributed by atoms with Crippen molar-refractivity contribution < 1.29 is 9.90 Å². The van der Waals surface area contributed by atoms with Gasteiger partial charge in [-0.05, 0) is 104 Å². The van der Waals surface area contributed by atoms with Crippen molar-refractivity contribution in [3.63, 3.8) is 0 Å². The van der Waals surface area contributed by atoms with E-state index in [0.29, 0.717) is 22.7 Å². The van der Waals surface area contributed by atoms with Crippen LogP contribution in [0.2, 0.25) is 0 Å². The van der Waals surface area contributed by atoms with E-state index in [-0.39, 0.29) is 4.83 Å². The van der Waals surface area contributed by atoms with E-state index >= 15 is 0 Å². The van der Waals surface area contributed by atoms with Gasteiger partial charge in [-0.1, -0.05) is 49.5 Å². The predicted octanol–water partition coefficient (Wildman–Crippen LogP) is 6.91. The van der Waals surface area contributed by atoms with Gasteiger partial charge < -0.3 is 5.11 Å². The number of fused-ring (bicyclic) bond motifs is 5. The molecule has 0 amide bonds. The number of carbonyl (C=O) groups is 1. The Hall–Kier alpha value is -0.0500. The molecular weight excluding hydrogens is 400 g/mol. The minimum Gasteiger partial charge on any atom is -0.480 e. The highest BCUT2D eigenvalue weighted by Crippen LogP contribution is 2.68. The summed E-state index contributed by atoms with van der Waals surface area (Å²) >= 11 is 3.40. The van der Waals surface area contributed by atoms with Gasteiger partial charge in [-0.15, -0.1) is 0 Å². The summed E-state index contributed by atoms with van der Waals surface area (Å²) in [4.78, 5) is 10.9. The first kappa shape index (κ1) is 20.2. The van der Waals surface area contributed by atoms with Gasteiger partial charge in [0.05, 0.1) is 0 Å². The molecule has 0 heterocycles. The molecule has 0 aliphatic heterocycles. The summed E-state index contributed by atoms with van der Waals surface area (Å²) in [7, 11) is 0. The normalized spacial score (nSPS) is 48.8. The average molecular weight is 439 g/mol. The minimum atomic E-state index is -0.700.